The summed E-state index contributed by atoms with van der Waals surface area (Å²) in [5.41, 5.74) is 14.0. The number of anilines is 2. The lowest BCUT2D eigenvalue weighted by Crippen LogP contribution is -2.43. The Morgan fingerprint density at radius 2 is 1.58 bits per heavy atom. The molecule has 2 amide bonds. The minimum absolute atomic E-state index is 0.0566. The van der Waals surface area contributed by atoms with Crippen LogP contribution in [0.3, 0.4) is 0 Å². The van der Waals surface area contributed by atoms with E-state index in [1.807, 2.05) is 17.0 Å². The second-order valence-electron chi connectivity index (χ2n) is 12.6. The molecule has 2 aliphatic rings. The molecule has 4 aromatic rings. The number of carbonyl (C=O) groups is 2. The van der Waals surface area contributed by atoms with Gasteiger partial charge < -0.3 is 29.7 Å². The Hall–Kier alpha value is -5.02. The molecule has 0 saturated heterocycles. The SMILES string of the molecule is COC(=O)Nc1cc(-c2cccc(CN(C(=O)c3ccc(OC)c(OC)c3)C3CCC(N)CC3)c2)ccc1N1CCc2ccccc2C1. The average molecular weight is 649 g/mol. The largest absolute Gasteiger partial charge is 0.493 e. The van der Waals surface area contributed by atoms with E-state index in [-0.39, 0.29) is 18.0 Å². The highest BCUT2D eigenvalue weighted by Crippen LogP contribution is 2.36. The Morgan fingerprint density at radius 3 is 2.33 bits per heavy atom. The molecule has 0 atom stereocenters. The maximum atomic E-state index is 14.1. The van der Waals surface area contributed by atoms with Crippen molar-refractivity contribution < 1.29 is 23.8 Å². The average Bonchev–Trinajstić information content (AvgIpc) is 3.13. The van der Waals surface area contributed by atoms with Crippen LogP contribution < -0.4 is 25.4 Å². The van der Waals surface area contributed by atoms with E-state index in [0.717, 1.165) is 67.6 Å². The van der Waals surface area contributed by atoms with Gasteiger partial charge in [-0.1, -0.05) is 48.5 Å². The zero-order valence-electron chi connectivity index (χ0n) is 27.9. The van der Waals surface area contributed by atoms with Crippen LogP contribution in [0.2, 0.25) is 0 Å². The van der Waals surface area contributed by atoms with Crippen LogP contribution in [0.5, 0.6) is 11.5 Å². The van der Waals surface area contributed by atoms with Crippen LogP contribution in [0, 0.1) is 0 Å². The maximum absolute atomic E-state index is 14.1. The lowest BCUT2D eigenvalue weighted by molar-refractivity contribution is 0.0606. The van der Waals surface area contributed by atoms with Crippen LogP contribution in [0.1, 0.15) is 52.7 Å². The Kier molecular flexibility index (Phi) is 10.2. The molecule has 0 aromatic heterocycles. The Morgan fingerprint density at radius 1 is 0.833 bits per heavy atom. The number of nitrogens with one attached hydrogen (secondary N) is 1. The van der Waals surface area contributed by atoms with Crippen molar-refractivity contribution >= 4 is 23.4 Å². The second kappa shape index (κ2) is 14.8. The number of nitrogens with zero attached hydrogens (tertiary/aromatic N) is 2. The fourth-order valence-electron chi connectivity index (χ4n) is 6.91. The number of carbonyl (C=O) groups excluding carboxylic acids is 2. The summed E-state index contributed by atoms with van der Waals surface area (Å²) < 4.78 is 15.9. The van der Waals surface area contributed by atoms with Gasteiger partial charge in [0, 0.05) is 37.3 Å². The summed E-state index contributed by atoms with van der Waals surface area (Å²) in [6, 6.07) is 28.4. The van der Waals surface area contributed by atoms with Crippen molar-refractivity contribution in [1.29, 1.82) is 0 Å². The van der Waals surface area contributed by atoms with Gasteiger partial charge in [-0.05, 0) is 96.3 Å². The van der Waals surface area contributed by atoms with E-state index in [4.69, 9.17) is 19.9 Å². The first-order valence-electron chi connectivity index (χ1n) is 16.6. The number of methoxy groups -OCH3 is 3. The van der Waals surface area contributed by atoms with Gasteiger partial charge in [0.05, 0.1) is 32.7 Å². The van der Waals surface area contributed by atoms with Crippen molar-refractivity contribution in [2.24, 2.45) is 5.73 Å². The molecule has 9 nitrogen and oxygen atoms in total. The van der Waals surface area contributed by atoms with E-state index in [2.05, 4.69) is 64.8 Å². The molecule has 1 saturated carbocycles. The number of nitrogens with two attached hydrogens (primary N) is 1. The topological polar surface area (TPSA) is 106 Å². The molecule has 0 unspecified atom stereocenters. The summed E-state index contributed by atoms with van der Waals surface area (Å²) in [6.07, 6.45) is 3.88. The first kappa shape index (κ1) is 32.9. The Bertz CT molecular complexity index is 1770. The summed E-state index contributed by atoms with van der Waals surface area (Å²) in [5.74, 6) is 1.04. The predicted octanol–water partition coefficient (Wildman–Crippen LogP) is 7.02. The van der Waals surface area contributed by atoms with E-state index in [0.29, 0.717) is 29.3 Å². The number of hydrogen-bond donors (Lipinski definition) is 2. The van der Waals surface area contributed by atoms with Crippen LogP contribution >= 0.6 is 0 Å². The number of amides is 2. The van der Waals surface area contributed by atoms with Gasteiger partial charge in [0.15, 0.2) is 11.5 Å². The summed E-state index contributed by atoms with van der Waals surface area (Å²) in [4.78, 5) is 30.9. The zero-order valence-corrected chi connectivity index (χ0v) is 27.9. The van der Waals surface area contributed by atoms with E-state index >= 15 is 0 Å². The quantitative estimate of drug-likeness (QED) is 0.201. The van der Waals surface area contributed by atoms with Crippen molar-refractivity contribution in [1.82, 2.24) is 4.90 Å². The summed E-state index contributed by atoms with van der Waals surface area (Å²) in [7, 11) is 4.52. The highest BCUT2D eigenvalue weighted by Gasteiger charge is 2.29. The van der Waals surface area contributed by atoms with Crippen molar-refractivity contribution in [2.45, 2.75) is 57.3 Å². The monoisotopic (exact) mass is 648 g/mol. The molecule has 1 fully saturated rings. The highest BCUT2D eigenvalue weighted by molar-refractivity contribution is 5.95. The molecule has 0 bridgehead atoms. The van der Waals surface area contributed by atoms with Gasteiger partial charge in [0.2, 0.25) is 0 Å². The number of benzene rings is 4. The van der Waals surface area contributed by atoms with Crippen molar-refractivity contribution in [3.63, 3.8) is 0 Å². The zero-order chi connectivity index (χ0) is 33.6. The molecule has 4 aromatic carbocycles. The Balaban J connectivity index is 1.29. The molecule has 48 heavy (non-hydrogen) atoms. The first-order valence-corrected chi connectivity index (χ1v) is 16.6. The number of hydrogen-bond acceptors (Lipinski definition) is 7. The Labute approximate surface area is 282 Å². The molecule has 0 radical (unpaired) electrons. The van der Waals surface area contributed by atoms with E-state index < -0.39 is 6.09 Å². The fourth-order valence-corrected chi connectivity index (χ4v) is 6.91. The lowest BCUT2D eigenvalue weighted by Gasteiger charge is -2.36. The molecule has 1 aliphatic heterocycles. The van der Waals surface area contributed by atoms with Gasteiger partial charge in [-0.2, -0.15) is 0 Å². The van der Waals surface area contributed by atoms with Crippen molar-refractivity contribution in [3.8, 4) is 22.6 Å². The van der Waals surface area contributed by atoms with Gasteiger partial charge in [-0.15, -0.1) is 0 Å². The van der Waals surface area contributed by atoms with Crippen LogP contribution in [0.4, 0.5) is 16.2 Å². The van der Waals surface area contributed by atoms with Crippen LogP contribution in [0.25, 0.3) is 11.1 Å². The van der Waals surface area contributed by atoms with E-state index in [1.54, 1.807) is 32.4 Å². The van der Waals surface area contributed by atoms with Gasteiger partial charge in [0.1, 0.15) is 0 Å². The number of rotatable bonds is 9. The predicted molar refractivity (Wildman–Crippen MR) is 189 cm³/mol. The molecule has 0 spiro atoms. The third-order valence-electron chi connectivity index (χ3n) is 9.58. The molecule has 1 aliphatic carbocycles. The van der Waals surface area contributed by atoms with Crippen LogP contribution in [-0.2, 0) is 24.2 Å². The third-order valence-corrected chi connectivity index (χ3v) is 9.58. The second-order valence-corrected chi connectivity index (χ2v) is 12.6. The van der Waals surface area contributed by atoms with Crippen LogP contribution in [-0.4, -0.2) is 56.9 Å². The molecule has 6 rings (SSSR count). The highest BCUT2D eigenvalue weighted by atomic mass is 16.5. The number of fused-ring (bicyclic) bond motifs is 1. The standard InChI is InChI=1S/C39H44N4O5/c1-46-36-18-12-30(23-37(36)47-2)38(44)43(33-15-13-32(40)14-16-33)24-26-7-6-10-28(21-26)29-11-17-35(34(22-29)41-39(45)48-3)42-20-19-27-8-4-5-9-31(27)25-42/h4-12,17-18,21-23,32-33H,13-16,19-20,24-25,40H2,1-3H3,(H,41,45). The normalized spacial score (nSPS) is 17.2. The van der Waals surface area contributed by atoms with Gasteiger partial charge >= 0.3 is 6.09 Å². The van der Waals surface area contributed by atoms with E-state index in [9.17, 15) is 9.59 Å². The molecule has 3 N–H and O–H groups in total. The summed E-state index contributed by atoms with van der Waals surface area (Å²) in [5, 5.41) is 2.95. The van der Waals surface area contributed by atoms with Crippen molar-refractivity contribution in [2.75, 3.05) is 38.1 Å². The third kappa shape index (κ3) is 7.26. The lowest BCUT2D eigenvalue weighted by atomic mass is 9.90. The van der Waals surface area contributed by atoms with Gasteiger partial charge in [-0.3, -0.25) is 10.1 Å². The van der Waals surface area contributed by atoms with Crippen molar-refractivity contribution in [3.05, 3.63) is 107 Å². The summed E-state index contributed by atoms with van der Waals surface area (Å²) >= 11 is 0. The maximum Gasteiger partial charge on any atom is 0.411 e. The first-order chi connectivity index (χ1) is 23.4. The van der Waals surface area contributed by atoms with E-state index in [1.165, 1.54) is 18.2 Å². The molecule has 250 valence electrons. The molecular weight excluding hydrogens is 604 g/mol. The smallest absolute Gasteiger partial charge is 0.411 e. The molecule has 9 heteroatoms. The van der Waals surface area contributed by atoms with Gasteiger partial charge in [0.25, 0.3) is 5.91 Å². The van der Waals surface area contributed by atoms with Gasteiger partial charge in [-0.25, -0.2) is 4.79 Å². The molecular formula is C39H44N4O5. The minimum Gasteiger partial charge on any atom is -0.493 e. The fraction of sp³-hybridized carbons (Fsp3) is 0.333. The number of ether oxygens (including phenoxy) is 3. The minimum atomic E-state index is -0.518. The summed E-state index contributed by atoms with van der Waals surface area (Å²) in [6.45, 7) is 2.05. The van der Waals surface area contributed by atoms with Crippen LogP contribution in [0.15, 0.2) is 84.9 Å². The molecule has 1 heterocycles.